The minimum absolute atomic E-state index is 0.129. The van der Waals surface area contributed by atoms with Crippen molar-refractivity contribution < 1.29 is 27.5 Å². The van der Waals surface area contributed by atoms with E-state index in [-0.39, 0.29) is 22.9 Å². The predicted octanol–water partition coefficient (Wildman–Crippen LogP) is 7.12. The van der Waals surface area contributed by atoms with Crippen LogP contribution in [0.2, 0.25) is 0 Å². The third-order valence-electron chi connectivity index (χ3n) is 5.93. The van der Waals surface area contributed by atoms with Crippen molar-refractivity contribution in [3.05, 3.63) is 54.1 Å². The molecule has 1 fully saturated rings. The first kappa shape index (κ1) is 27.1. The second-order valence-electron chi connectivity index (χ2n) is 8.63. The third kappa shape index (κ3) is 7.32. The summed E-state index contributed by atoms with van der Waals surface area (Å²) >= 11 is 2.88. The van der Waals surface area contributed by atoms with Crippen LogP contribution >= 0.6 is 23.1 Å². The van der Waals surface area contributed by atoms with Crippen LogP contribution in [0.3, 0.4) is 0 Å². The number of likely N-dealkylation sites (tertiary alicyclic amines) is 1. The van der Waals surface area contributed by atoms with Gasteiger partial charge >= 0.3 is 12.4 Å². The van der Waals surface area contributed by atoms with E-state index in [1.165, 1.54) is 35.2 Å². The zero-order valence-electron chi connectivity index (χ0n) is 20.3. The Bertz CT molecular complexity index is 1250. The second-order valence-corrected chi connectivity index (χ2v) is 11.1. The maximum atomic E-state index is 13.8. The van der Waals surface area contributed by atoms with Gasteiger partial charge < -0.3 is 15.0 Å². The van der Waals surface area contributed by atoms with Crippen molar-refractivity contribution in [2.24, 2.45) is 0 Å². The van der Waals surface area contributed by atoms with Crippen LogP contribution in [0.5, 0.6) is 5.75 Å². The number of halogens is 3. The van der Waals surface area contributed by atoms with Gasteiger partial charge in [-0.15, -0.1) is 36.3 Å². The number of thiophene rings is 1. The van der Waals surface area contributed by atoms with Gasteiger partial charge in [-0.05, 0) is 50.5 Å². The fourth-order valence-electron chi connectivity index (χ4n) is 4.30. The highest BCUT2D eigenvalue weighted by Crippen LogP contribution is 2.38. The molecule has 37 heavy (non-hydrogen) atoms. The highest BCUT2D eigenvalue weighted by Gasteiger charge is 2.31. The summed E-state index contributed by atoms with van der Waals surface area (Å²) in [4.78, 5) is 28.5. The van der Waals surface area contributed by atoms with E-state index in [2.05, 4.69) is 15.4 Å². The van der Waals surface area contributed by atoms with Gasteiger partial charge in [0, 0.05) is 39.9 Å². The summed E-state index contributed by atoms with van der Waals surface area (Å²) < 4.78 is 42.8. The second kappa shape index (κ2) is 12.1. The van der Waals surface area contributed by atoms with Gasteiger partial charge in [-0.2, -0.15) is 0 Å². The molecule has 11 heteroatoms. The Morgan fingerprint density at radius 1 is 1.11 bits per heavy atom. The molecule has 0 radical (unpaired) electrons. The van der Waals surface area contributed by atoms with Crippen LogP contribution in [0, 0.1) is 0 Å². The van der Waals surface area contributed by atoms with E-state index >= 15 is 0 Å². The van der Waals surface area contributed by atoms with Crippen LogP contribution in [0.4, 0.5) is 23.0 Å². The molecule has 0 saturated carbocycles. The Labute approximate surface area is 221 Å². The summed E-state index contributed by atoms with van der Waals surface area (Å²) in [6.07, 6.45) is -1.42. The van der Waals surface area contributed by atoms with Crippen LogP contribution < -0.4 is 15.4 Å². The first-order valence-electron chi connectivity index (χ1n) is 12.1. The summed E-state index contributed by atoms with van der Waals surface area (Å²) in [5.74, 6) is -0.368. The number of fused-ring (bicyclic) bond motifs is 1. The molecule has 1 aromatic heterocycles. The molecular weight excluding hydrogens is 523 g/mol. The Hall–Kier alpha value is -2.92. The Morgan fingerprint density at radius 2 is 1.92 bits per heavy atom. The molecular formula is C26H28F3N3O3S2. The van der Waals surface area contributed by atoms with Gasteiger partial charge in [0.2, 0.25) is 0 Å². The molecule has 3 aromatic rings. The van der Waals surface area contributed by atoms with E-state index in [9.17, 15) is 22.8 Å². The molecule has 2 heterocycles. The van der Waals surface area contributed by atoms with Crippen molar-refractivity contribution >= 4 is 50.1 Å². The summed E-state index contributed by atoms with van der Waals surface area (Å²) in [6.45, 7) is 3.41. The smallest absolute Gasteiger partial charge is 0.406 e. The number of benzene rings is 2. The number of hydrogen-bond donors (Lipinski definition) is 2. The van der Waals surface area contributed by atoms with Gasteiger partial charge in [0.05, 0.1) is 5.56 Å². The number of hydrogen-bond acceptors (Lipinski definition) is 5. The lowest BCUT2D eigenvalue weighted by Gasteiger charge is -2.28. The van der Waals surface area contributed by atoms with Gasteiger partial charge in [0.1, 0.15) is 10.8 Å². The van der Waals surface area contributed by atoms with E-state index in [1.54, 1.807) is 12.1 Å². The van der Waals surface area contributed by atoms with Gasteiger partial charge in [-0.25, -0.2) is 4.79 Å². The number of ether oxygens (including phenoxy) is 1. The van der Waals surface area contributed by atoms with E-state index in [0.717, 1.165) is 29.3 Å². The number of urea groups is 1. The van der Waals surface area contributed by atoms with Crippen molar-refractivity contribution in [1.82, 2.24) is 10.2 Å². The predicted molar refractivity (Wildman–Crippen MR) is 142 cm³/mol. The zero-order chi connectivity index (χ0) is 26.4. The summed E-state index contributed by atoms with van der Waals surface area (Å²) in [7, 11) is 0. The number of carbonyl (C=O) groups is 2. The molecule has 1 saturated heterocycles. The third-order valence-corrected chi connectivity index (χ3v) is 8.34. The summed E-state index contributed by atoms with van der Waals surface area (Å²) in [6, 6.07) is 13.2. The van der Waals surface area contributed by atoms with Crippen molar-refractivity contribution in [1.29, 1.82) is 0 Å². The lowest BCUT2D eigenvalue weighted by Crippen LogP contribution is -2.36. The van der Waals surface area contributed by atoms with Gasteiger partial charge in [-0.3, -0.25) is 10.1 Å². The van der Waals surface area contributed by atoms with Crippen LogP contribution in [-0.2, 0) is 0 Å². The number of nitrogens with zero attached hydrogens (tertiary/aromatic N) is 1. The maximum Gasteiger partial charge on any atom is 0.573 e. The molecule has 1 unspecified atom stereocenters. The largest absolute Gasteiger partial charge is 0.573 e. The molecule has 4 rings (SSSR count). The first-order valence-corrected chi connectivity index (χ1v) is 13.8. The number of amides is 3. The van der Waals surface area contributed by atoms with E-state index in [4.69, 9.17) is 0 Å². The normalized spacial score (nSPS) is 16.6. The molecule has 2 N–H and O–H groups in total. The van der Waals surface area contributed by atoms with Gasteiger partial charge in [-0.1, -0.05) is 30.7 Å². The molecule has 0 spiro atoms. The first-order chi connectivity index (χ1) is 17.7. The van der Waals surface area contributed by atoms with E-state index in [1.807, 2.05) is 36.1 Å². The molecule has 6 nitrogen and oxygen atoms in total. The van der Waals surface area contributed by atoms with Gasteiger partial charge in [0.25, 0.3) is 5.91 Å². The van der Waals surface area contributed by atoms with Crippen LogP contribution in [0.15, 0.2) is 53.4 Å². The van der Waals surface area contributed by atoms with Crippen molar-refractivity contribution in [3.8, 4) is 5.75 Å². The lowest BCUT2D eigenvalue weighted by molar-refractivity contribution is -0.274. The number of alkyl halides is 3. The topological polar surface area (TPSA) is 70.7 Å². The molecule has 0 bridgehead atoms. The number of nitrogens with one attached hydrogen (secondary N) is 2. The summed E-state index contributed by atoms with van der Waals surface area (Å²) in [5.41, 5.74) is 0.494. The molecule has 3 amide bonds. The molecule has 1 aliphatic heterocycles. The monoisotopic (exact) mass is 551 g/mol. The average Bonchev–Trinajstić information content (AvgIpc) is 3.17. The maximum absolute atomic E-state index is 13.8. The highest BCUT2D eigenvalue weighted by molar-refractivity contribution is 8.00. The number of rotatable bonds is 6. The zero-order valence-corrected chi connectivity index (χ0v) is 21.9. The highest BCUT2D eigenvalue weighted by atomic mass is 32.2. The number of anilines is 1. The van der Waals surface area contributed by atoms with Crippen molar-refractivity contribution in [3.63, 3.8) is 0 Å². The number of thioether (sulfide) groups is 1. The fraction of sp³-hybridized carbons (Fsp3) is 0.385. The summed E-state index contributed by atoms with van der Waals surface area (Å²) in [5, 5.41) is 7.01. The quantitative estimate of drug-likeness (QED) is 0.342. The molecule has 0 aliphatic carbocycles. The fourth-order valence-corrected chi connectivity index (χ4v) is 6.62. The van der Waals surface area contributed by atoms with Crippen LogP contribution in [-0.4, -0.2) is 48.1 Å². The number of carbonyl (C=O) groups excluding carboxylic acids is 2. The van der Waals surface area contributed by atoms with E-state index < -0.39 is 6.36 Å². The molecule has 198 valence electrons. The molecule has 2 aromatic carbocycles. The van der Waals surface area contributed by atoms with Crippen LogP contribution in [0.25, 0.3) is 10.1 Å². The molecule has 1 atom stereocenters. The standard InChI is InChI=1S/C26H28F3N3O3S2/c1-2-30-25(34)31-23-22(20-11-3-4-12-21(20)37-23)24(33)32-14-6-5-9-18(13-15-32)36-19-10-7-8-17(16-19)35-26(27,28)29/h3-4,7-8,10-12,16,18H,2,5-6,9,13-15H2,1H3,(H2,30,31,34). The Kier molecular flexibility index (Phi) is 8.86. The Balaban J connectivity index is 1.49. The van der Waals surface area contributed by atoms with Gasteiger partial charge in [0.15, 0.2) is 0 Å². The minimum atomic E-state index is -4.73. The SMILES string of the molecule is CCNC(=O)Nc1sc2ccccc2c1C(=O)N1CCCCC(Sc2cccc(OC(F)(F)F)c2)CC1. The van der Waals surface area contributed by atoms with Crippen molar-refractivity contribution in [2.45, 2.75) is 49.1 Å². The van der Waals surface area contributed by atoms with Crippen molar-refractivity contribution in [2.75, 3.05) is 25.0 Å². The molecule has 1 aliphatic rings. The minimum Gasteiger partial charge on any atom is -0.406 e. The van der Waals surface area contributed by atoms with Crippen LogP contribution in [0.1, 0.15) is 43.0 Å². The Morgan fingerprint density at radius 3 is 2.70 bits per heavy atom. The lowest BCUT2D eigenvalue weighted by atomic mass is 10.1. The average molecular weight is 552 g/mol. The van der Waals surface area contributed by atoms with E-state index in [0.29, 0.717) is 41.5 Å².